The van der Waals surface area contributed by atoms with E-state index in [-0.39, 0.29) is 18.4 Å². The van der Waals surface area contributed by atoms with Gasteiger partial charge in [-0.3, -0.25) is 19.2 Å². The number of nitrogens with two attached hydrogens (primary N) is 1. The van der Waals surface area contributed by atoms with E-state index < -0.39 is 48.3 Å². The molecule has 32 heavy (non-hydrogen) atoms. The molecule has 3 amide bonds. The van der Waals surface area contributed by atoms with Gasteiger partial charge in [-0.15, -0.1) is 0 Å². The van der Waals surface area contributed by atoms with E-state index in [0.29, 0.717) is 45.2 Å². The second kappa shape index (κ2) is 12.3. The fourth-order valence-corrected chi connectivity index (χ4v) is 4.08. The number of carbonyl (C=O) groups excluding carboxylic acids is 3. The summed E-state index contributed by atoms with van der Waals surface area (Å²) in [6.07, 6.45) is 3.27. The molecule has 0 aromatic heterocycles. The van der Waals surface area contributed by atoms with Crippen LogP contribution in [0.2, 0.25) is 0 Å². The molecule has 0 unspecified atom stereocenters. The molecular weight excluding hydrogens is 422 g/mol. The molecule has 2 fully saturated rings. The Balaban J connectivity index is 2.06. The number of likely N-dealkylation sites (tertiary alicyclic amines) is 1. The van der Waals surface area contributed by atoms with Crippen molar-refractivity contribution in [3.63, 3.8) is 0 Å². The zero-order valence-corrected chi connectivity index (χ0v) is 18.0. The van der Waals surface area contributed by atoms with Crippen molar-refractivity contribution >= 4 is 29.7 Å². The molecule has 12 nitrogen and oxygen atoms in total. The van der Waals surface area contributed by atoms with Crippen molar-refractivity contribution in [2.24, 2.45) is 5.73 Å². The molecule has 2 aliphatic rings. The summed E-state index contributed by atoms with van der Waals surface area (Å²) in [5.74, 6) is -4.24. The van der Waals surface area contributed by atoms with Crippen LogP contribution in [0.3, 0.4) is 0 Å². The van der Waals surface area contributed by atoms with Crippen LogP contribution in [0.15, 0.2) is 0 Å². The second-order valence-corrected chi connectivity index (χ2v) is 8.18. The average Bonchev–Trinajstić information content (AvgIpc) is 3.43. The van der Waals surface area contributed by atoms with Crippen LogP contribution in [0.5, 0.6) is 0 Å². The molecule has 4 atom stereocenters. The Morgan fingerprint density at radius 3 is 2.38 bits per heavy atom. The quantitative estimate of drug-likeness (QED) is 0.188. The van der Waals surface area contributed by atoms with Crippen molar-refractivity contribution in [3.05, 3.63) is 0 Å². The molecule has 0 aliphatic carbocycles. The Hall–Kier alpha value is -2.73. The molecule has 0 aromatic rings. The highest BCUT2D eigenvalue weighted by atomic mass is 16.4. The molecule has 0 radical (unpaired) electrons. The fraction of sp³-hybridized carbons (Fsp3) is 0.750. The molecule has 0 bridgehead atoms. The highest BCUT2D eigenvalue weighted by molar-refractivity contribution is 5.95. The standard InChI is InChI=1S/C20H33N5O7/c21-8-2-1-5-12(17(28)24-14(20(31)32)11-16(26)27)23-18(29)15-7-4-10-25(15)19(30)13-6-3-9-22-13/h12-15,22H,1-11,21H2,(H,23,29)(H,24,28)(H,26,27)(H,31,32)/t12-,13-,14-,15-/m0/s1. The Labute approximate surface area is 186 Å². The number of aliphatic carboxylic acids is 2. The number of rotatable bonds is 12. The number of carboxylic acid groups (broad SMARTS) is 2. The molecule has 0 saturated carbocycles. The van der Waals surface area contributed by atoms with E-state index in [9.17, 15) is 29.1 Å². The lowest BCUT2D eigenvalue weighted by Gasteiger charge is -2.28. The van der Waals surface area contributed by atoms with E-state index in [1.165, 1.54) is 4.90 Å². The van der Waals surface area contributed by atoms with Crippen molar-refractivity contribution < 1.29 is 34.2 Å². The van der Waals surface area contributed by atoms with Gasteiger partial charge >= 0.3 is 11.9 Å². The van der Waals surface area contributed by atoms with Gasteiger partial charge in [-0.25, -0.2) is 4.79 Å². The highest BCUT2D eigenvalue weighted by Gasteiger charge is 2.39. The lowest BCUT2D eigenvalue weighted by molar-refractivity contribution is -0.147. The van der Waals surface area contributed by atoms with Gasteiger partial charge in [-0.2, -0.15) is 0 Å². The summed E-state index contributed by atoms with van der Waals surface area (Å²) in [5, 5.41) is 26.0. The molecule has 2 saturated heterocycles. The minimum Gasteiger partial charge on any atom is -0.481 e. The minimum absolute atomic E-state index is 0.128. The fourth-order valence-electron chi connectivity index (χ4n) is 4.08. The minimum atomic E-state index is -1.62. The molecule has 2 heterocycles. The number of carbonyl (C=O) groups is 5. The smallest absolute Gasteiger partial charge is 0.326 e. The maximum atomic E-state index is 13.0. The van der Waals surface area contributed by atoms with Crippen LogP contribution < -0.4 is 21.7 Å². The molecule has 0 aromatic carbocycles. The average molecular weight is 456 g/mol. The van der Waals surface area contributed by atoms with Crippen LogP contribution in [-0.2, 0) is 24.0 Å². The lowest BCUT2D eigenvalue weighted by Crippen LogP contribution is -2.56. The van der Waals surface area contributed by atoms with Crippen molar-refractivity contribution in [3.8, 4) is 0 Å². The van der Waals surface area contributed by atoms with Gasteiger partial charge in [0.15, 0.2) is 0 Å². The first-order chi connectivity index (χ1) is 15.2. The number of nitrogens with one attached hydrogen (secondary N) is 3. The number of carboxylic acids is 2. The van der Waals surface area contributed by atoms with Crippen LogP contribution >= 0.6 is 0 Å². The Morgan fingerprint density at radius 1 is 1.03 bits per heavy atom. The van der Waals surface area contributed by atoms with Crippen LogP contribution in [0.1, 0.15) is 51.4 Å². The number of hydrogen-bond acceptors (Lipinski definition) is 7. The molecular formula is C20H33N5O7. The van der Waals surface area contributed by atoms with E-state index in [1.54, 1.807) is 0 Å². The Bertz CT molecular complexity index is 710. The monoisotopic (exact) mass is 455 g/mol. The summed E-state index contributed by atoms with van der Waals surface area (Å²) in [6, 6.07) is -3.69. The third-order valence-corrected chi connectivity index (χ3v) is 5.77. The van der Waals surface area contributed by atoms with Gasteiger partial charge in [-0.05, 0) is 58.0 Å². The van der Waals surface area contributed by atoms with E-state index in [4.69, 9.17) is 10.8 Å². The molecule has 180 valence electrons. The number of hydrogen-bond donors (Lipinski definition) is 6. The van der Waals surface area contributed by atoms with Crippen LogP contribution in [-0.4, -0.2) is 88.6 Å². The molecule has 12 heteroatoms. The van der Waals surface area contributed by atoms with Gasteiger partial charge in [0.05, 0.1) is 12.5 Å². The summed E-state index contributed by atoms with van der Waals surface area (Å²) in [6.45, 7) is 1.60. The van der Waals surface area contributed by atoms with Gasteiger partial charge < -0.3 is 36.8 Å². The van der Waals surface area contributed by atoms with Gasteiger partial charge in [0.2, 0.25) is 17.7 Å². The van der Waals surface area contributed by atoms with Gasteiger partial charge in [0.1, 0.15) is 18.1 Å². The number of amides is 3. The predicted molar refractivity (Wildman–Crippen MR) is 112 cm³/mol. The van der Waals surface area contributed by atoms with Gasteiger partial charge in [0, 0.05) is 6.54 Å². The Kier molecular flexibility index (Phi) is 9.85. The first-order valence-corrected chi connectivity index (χ1v) is 11.0. The summed E-state index contributed by atoms with van der Waals surface area (Å²) in [4.78, 5) is 62.2. The summed E-state index contributed by atoms with van der Waals surface area (Å²) in [5.41, 5.74) is 5.50. The first-order valence-electron chi connectivity index (χ1n) is 11.0. The topological polar surface area (TPSA) is 191 Å². The third kappa shape index (κ3) is 7.16. The lowest BCUT2D eigenvalue weighted by atomic mass is 10.1. The van der Waals surface area contributed by atoms with Crippen molar-refractivity contribution in [2.45, 2.75) is 75.5 Å². The van der Waals surface area contributed by atoms with Gasteiger partial charge in [0.25, 0.3) is 0 Å². The number of nitrogens with zero attached hydrogens (tertiary/aromatic N) is 1. The van der Waals surface area contributed by atoms with E-state index in [1.807, 2.05) is 0 Å². The van der Waals surface area contributed by atoms with E-state index in [2.05, 4.69) is 16.0 Å². The van der Waals surface area contributed by atoms with Crippen LogP contribution in [0.25, 0.3) is 0 Å². The van der Waals surface area contributed by atoms with Crippen molar-refractivity contribution in [1.29, 1.82) is 0 Å². The highest BCUT2D eigenvalue weighted by Crippen LogP contribution is 2.21. The summed E-state index contributed by atoms with van der Waals surface area (Å²) >= 11 is 0. The zero-order chi connectivity index (χ0) is 23.7. The maximum Gasteiger partial charge on any atom is 0.326 e. The summed E-state index contributed by atoms with van der Waals surface area (Å²) in [7, 11) is 0. The van der Waals surface area contributed by atoms with Crippen LogP contribution in [0.4, 0.5) is 0 Å². The maximum absolute atomic E-state index is 13.0. The van der Waals surface area contributed by atoms with E-state index >= 15 is 0 Å². The molecule has 7 N–H and O–H groups in total. The molecule has 2 aliphatic heterocycles. The SMILES string of the molecule is NCCCC[C@H](NC(=O)[C@@H]1CCCN1C(=O)[C@@H]1CCCN1)C(=O)N[C@@H](CC(=O)O)C(=O)O. The van der Waals surface area contributed by atoms with Crippen molar-refractivity contribution in [2.75, 3.05) is 19.6 Å². The predicted octanol–water partition coefficient (Wildman–Crippen LogP) is -1.61. The summed E-state index contributed by atoms with van der Waals surface area (Å²) < 4.78 is 0. The normalized spacial score (nSPS) is 22.2. The van der Waals surface area contributed by atoms with Crippen LogP contribution in [0, 0.1) is 0 Å². The molecule has 0 spiro atoms. The van der Waals surface area contributed by atoms with Gasteiger partial charge in [-0.1, -0.05) is 0 Å². The largest absolute Gasteiger partial charge is 0.481 e. The molecule has 2 rings (SSSR count). The Morgan fingerprint density at radius 2 is 1.78 bits per heavy atom. The van der Waals surface area contributed by atoms with Crippen molar-refractivity contribution in [1.82, 2.24) is 20.9 Å². The third-order valence-electron chi connectivity index (χ3n) is 5.77. The first kappa shape index (κ1) is 25.5. The number of unbranched alkanes of at least 4 members (excludes halogenated alkanes) is 1. The van der Waals surface area contributed by atoms with E-state index in [0.717, 1.165) is 13.0 Å². The zero-order valence-electron chi connectivity index (χ0n) is 18.0. The second-order valence-electron chi connectivity index (χ2n) is 8.18.